The van der Waals surface area contributed by atoms with E-state index in [0.29, 0.717) is 16.8 Å². The maximum absolute atomic E-state index is 11.3. The topological polar surface area (TPSA) is 56.7 Å². The summed E-state index contributed by atoms with van der Waals surface area (Å²) in [5.74, 6) is -0.438. The molecule has 6 heteroatoms. The standard InChI is InChI=1S/C13H20BrN3O2/c1-5-17(9(2)8-16(3)4)12-11(13(18)19)6-10(14)7-15-12/h6-7,9H,5,8H2,1-4H3,(H,18,19). The van der Waals surface area contributed by atoms with Crippen molar-refractivity contribution < 1.29 is 9.90 Å². The molecule has 0 saturated heterocycles. The first-order valence-corrected chi connectivity index (χ1v) is 6.96. The Hall–Kier alpha value is -1.14. The molecule has 0 aromatic carbocycles. The lowest BCUT2D eigenvalue weighted by Crippen LogP contribution is -2.41. The molecule has 0 amide bonds. The molecular weight excluding hydrogens is 310 g/mol. The van der Waals surface area contributed by atoms with E-state index in [1.165, 1.54) is 0 Å². The van der Waals surface area contributed by atoms with Crippen LogP contribution < -0.4 is 4.90 Å². The van der Waals surface area contributed by atoms with Gasteiger partial charge in [-0.25, -0.2) is 9.78 Å². The zero-order valence-corrected chi connectivity index (χ0v) is 13.3. The summed E-state index contributed by atoms with van der Waals surface area (Å²) in [7, 11) is 3.99. The lowest BCUT2D eigenvalue weighted by Gasteiger charge is -2.31. The van der Waals surface area contributed by atoms with Gasteiger partial charge in [0.1, 0.15) is 11.4 Å². The van der Waals surface area contributed by atoms with Crippen molar-refractivity contribution in [2.75, 3.05) is 32.1 Å². The van der Waals surface area contributed by atoms with Gasteiger partial charge in [-0.2, -0.15) is 0 Å². The van der Waals surface area contributed by atoms with Crippen LogP contribution in [0.2, 0.25) is 0 Å². The third-order valence-electron chi connectivity index (χ3n) is 2.84. The highest BCUT2D eigenvalue weighted by Crippen LogP contribution is 2.23. The average Bonchev–Trinajstić information content (AvgIpc) is 2.30. The normalized spacial score (nSPS) is 12.5. The van der Waals surface area contributed by atoms with E-state index in [9.17, 15) is 9.90 Å². The Morgan fingerprint density at radius 2 is 2.16 bits per heavy atom. The average molecular weight is 330 g/mol. The van der Waals surface area contributed by atoms with E-state index < -0.39 is 5.97 Å². The summed E-state index contributed by atoms with van der Waals surface area (Å²) >= 11 is 3.26. The van der Waals surface area contributed by atoms with Crippen molar-refractivity contribution in [3.05, 3.63) is 22.3 Å². The molecular formula is C13H20BrN3O2. The number of carbonyl (C=O) groups is 1. The van der Waals surface area contributed by atoms with Gasteiger partial charge in [0.15, 0.2) is 0 Å². The van der Waals surface area contributed by atoms with E-state index in [0.717, 1.165) is 6.54 Å². The maximum atomic E-state index is 11.3. The first-order chi connectivity index (χ1) is 8.86. The van der Waals surface area contributed by atoms with Gasteiger partial charge in [0.25, 0.3) is 0 Å². The number of hydrogen-bond acceptors (Lipinski definition) is 4. The molecule has 1 unspecified atom stereocenters. The summed E-state index contributed by atoms with van der Waals surface area (Å²) in [6.07, 6.45) is 1.63. The molecule has 0 aliphatic rings. The molecule has 0 spiro atoms. The van der Waals surface area contributed by atoms with Crippen molar-refractivity contribution in [2.45, 2.75) is 19.9 Å². The molecule has 1 rings (SSSR count). The summed E-state index contributed by atoms with van der Waals surface area (Å²) in [5, 5.41) is 9.30. The SMILES string of the molecule is CCN(c1ncc(Br)cc1C(=O)O)C(C)CN(C)C. The van der Waals surface area contributed by atoms with Crippen LogP contribution in [0.25, 0.3) is 0 Å². The predicted octanol–water partition coefficient (Wildman–Crippen LogP) is 2.32. The molecule has 0 aliphatic heterocycles. The maximum Gasteiger partial charge on any atom is 0.339 e. The summed E-state index contributed by atoms with van der Waals surface area (Å²) in [6.45, 7) is 5.62. The fraction of sp³-hybridized carbons (Fsp3) is 0.538. The largest absolute Gasteiger partial charge is 0.478 e. The quantitative estimate of drug-likeness (QED) is 0.867. The Labute approximate surface area is 122 Å². The van der Waals surface area contributed by atoms with Gasteiger partial charge in [0, 0.05) is 29.8 Å². The van der Waals surface area contributed by atoms with Gasteiger partial charge < -0.3 is 14.9 Å². The van der Waals surface area contributed by atoms with Crippen molar-refractivity contribution in [3.8, 4) is 0 Å². The number of nitrogens with zero attached hydrogens (tertiary/aromatic N) is 3. The zero-order valence-electron chi connectivity index (χ0n) is 11.7. The smallest absolute Gasteiger partial charge is 0.339 e. The van der Waals surface area contributed by atoms with Gasteiger partial charge in [-0.3, -0.25) is 0 Å². The van der Waals surface area contributed by atoms with Crippen molar-refractivity contribution in [1.82, 2.24) is 9.88 Å². The summed E-state index contributed by atoms with van der Waals surface area (Å²) in [5.41, 5.74) is 0.224. The third-order valence-corrected chi connectivity index (χ3v) is 3.27. The van der Waals surface area contributed by atoms with E-state index in [4.69, 9.17) is 0 Å². The number of hydrogen-bond donors (Lipinski definition) is 1. The number of halogens is 1. The van der Waals surface area contributed by atoms with Crippen molar-refractivity contribution in [2.24, 2.45) is 0 Å². The molecule has 0 bridgehead atoms. The van der Waals surface area contributed by atoms with Crippen LogP contribution in [0.3, 0.4) is 0 Å². The molecule has 1 aromatic heterocycles. The number of carboxylic acids is 1. The van der Waals surface area contributed by atoms with E-state index in [-0.39, 0.29) is 11.6 Å². The Morgan fingerprint density at radius 1 is 1.53 bits per heavy atom. The molecule has 0 radical (unpaired) electrons. The Bertz CT molecular complexity index is 452. The number of rotatable bonds is 6. The van der Waals surface area contributed by atoms with Gasteiger partial charge in [-0.1, -0.05) is 0 Å². The summed E-state index contributed by atoms with van der Waals surface area (Å²) in [6, 6.07) is 1.78. The zero-order chi connectivity index (χ0) is 14.6. The Morgan fingerprint density at radius 3 is 2.63 bits per heavy atom. The Kier molecular flexibility index (Phi) is 5.75. The van der Waals surface area contributed by atoms with E-state index in [1.807, 2.05) is 25.9 Å². The molecule has 5 nitrogen and oxygen atoms in total. The van der Waals surface area contributed by atoms with Gasteiger partial charge in [-0.15, -0.1) is 0 Å². The van der Waals surface area contributed by atoms with Crippen LogP contribution in [0.1, 0.15) is 24.2 Å². The van der Waals surface area contributed by atoms with Gasteiger partial charge in [0.2, 0.25) is 0 Å². The van der Waals surface area contributed by atoms with Crippen LogP contribution >= 0.6 is 15.9 Å². The third kappa shape index (κ3) is 4.18. The van der Waals surface area contributed by atoms with Crippen molar-refractivity contribution in [3.63, 3.8) is 0 Å². The van der Waals surface area contributed by atoms with Crippen LogP contribution in [-0.2, 0) is 0 Å². The molecule has 1 atom stereocenters. The Balaban J connectivity index is 3.14. The number of aromatic nitrogens is 1. The number of likely N-dealkylation sites (N-methyl/N-ethyl adjacent to an activating group) is 2. The van der Waals surface area contributed by atoms with E-state index >= 15 is 0 Å². The predicted molar refractivity (Wildman–Crippen MR) is 79.9 cm³/mol. The first kappa shape index (κ1) is 15.9. The molecule has 106 valence electrons. The van der Waals surface area contributed by atoms with Crippen molar-refractivity contribution >= 4 is 27.7 Å². The number of carboxylic acid groups (broad SMARTS) is 1. The van der Waals surface area contributed by atoms with Crippen LogP contribution in [-0.4, -0.2) is 54.2 Å². The van der Waals surface area contributed by atoms with Crippen LogP contribution in [0, 0.1) is 0 Å². The molecule has 0 aliphatic carbocycles. The molecule has 1 N–H and O–H groups in total. The minimum atomic E-state index is -0.959. The van der Waals surface area contributed by atoms with Gasteiger partial charge >= 0.3 is 5.97 Å². The molecule has 1 aromatic rings. The highest BCUT2D eigenvalue weighted by Gasteiger charge is 2.21. The monoisotopic (exact) mass is 329 g/mol. The van der Waals surface area contributed by atoms with Crippen molar-refractivity contribution in [1.29, 1.82) is 0 Å². The minimum Gasteiger partial charge on any atom is -0.478 e. The van der Waals surface area contributed by atoms with Crippen LogP contribution in [0.5, 0.6) is 0 Å². The van der Waals surface area contributed by atoms with Crippen LogP contribution in [0.4, 0.5) is 5.82 Å². The molecule has 0 saturated carbocycles. The highest BCUT2D eigenvalue weighted by molar-refractivity contribution is 9.10. The molecule has 0 fully saturated rings. The number of anilines is 1. The van der Waals surface area contributed by atoms with Crippen LogP contribution in [0.15, 0.2) is 16.7 Å². The van der Waals surface area contributed by atoms with E-state index in [2.05, 4.69) is 32.7 Å². The lowest BCUT2D eigenvalue weighted by atomic mass is 10.2. The summed E-state index contributed by atoms with van der Waals surface area (Å²) in [4.78, 5) is 19.7. The lowest BCUT2D eigenvalue weighted by molar-refractivity contribution is 0.0697. The number of pyridine rings is 1. The number of aromatic carboxylic acids is 1. The fourth-order valence-corrected chi connectivity index (χ4v) is 2.45. The molecule has 1 heterocycles. The van der Waals surface area contributed by atoms with E-state index in [1.54, 1.807) is 12.3 Å². The fourth-order valence-electron chi connectivity index (χ4n) is 2.12. The summed E-state index contributed by atoms with van der Waals surface area (Å²) < 4.78 is 0.671. The molecule has 19 heavy (non-hydrogen) atoms. The highest BCUT2D eigenvalue weighted by atomic mass is 79.9. The first-order valence-electron chi connectivity index (χ1n) is 6.17. The van der Waals surface area contributed by atoms with Gasteiger partial charge in [-0.05, 0) is 49.9 Å². The minimum absolute atomic E-state index is 0.187. The second-order valence-electron chi connectivity index (χ2n) is 4.73. The second-order valence-corrected chi connectivity index (χ2v) is 5.64. The van der Waals surface area contributed by atoms with Gasteiger partial charge in [0.05, 0.1) is 0 Å². The second kappa shape index (κ2) is 6.86.